The number of rotatable bonds is 9. The van der Waals surface area contributed by atoms with E-state index in [4.69, 9.17) is 26.8 Å². The normalized spacial score (nSPS) is 11.9. The van der Waals surface area contributed by atoms with Crippen molar-refractivity contribution < 1.29 is 18.7 Å². The van der Waals surface area contributed by atoms with E-state index in [0.29, 0.717) is 41.2 Å². The van der Waals surface area contributed by atoms with E-state index < -0.39 is 11.9 Å². The van der Waals surface area contributed by atoms with Crippen LogP contribution < -0.4 is 21.1 Å². The van der Waals surface area contributed by atoms with Crippen molar-refractivity contribution in [3.8, 4) is 5.75 Å². The third-order valence-electron chi connectivity index (χ3n) is 4.43. The predicted octanol–water partition coefficient (Wildman–Crippen LogP) is 3.15. The molecule has 10 heteroatoms. The van der Waals surface area contributed by atoms with E-state index in [1.54, 1.807) is 38.3 Å². The summed E-state index contributed by atoms with van der Waals surface area (Å²) in [5.74, 6) is 0.0361. The molecule has 164 valence electrons. The Bertz CT molecular complexity index is 1080. The van der Waals surface area contributed by atoms with Crippen LogP contribution in [0.1, 0.15) is 12.5 Å². The summed E-state index contributed by atoms with van der Waals surface area (Å²) in [7, 11) is 1.58. The lowest BCUT2D eigenvalue weighted by atomic mass is 10.1. The minimum atomic E-state index is -0.648. The van der Waals surface area contributed by atoms with Gasteiger partial charge in [0, 0.05) is 30.7 Å². The van der Waals surface area contributed by atoms with Crippen LogP contribution in [0.25, 0.3) is 10.9 Å². The molecular weight excluding hydrogens is 425 g/mol. The van der Waals surface area contributed by atoms with Gasteiger partial charge in [0.05, 0.1) is 28.9 Å². The van der Waals surface area contributed by atoms with Crippen LogP contribution in [0.3, 0.4) is 0 Å². The van der Waals surface area contributed by atoms with E-state index in [9.17, 15) is 9.18 Å². The minimum Gasteiger partial charge on any atom is -0.491 e. The van der Waals surface area contributed by atoms with E-state index in [-0.39, 0.29) is 23.2 Å². The number of fused-ring (bicyclic) bond motifs is 1. The van der Waals surface area contributed by atoms with E-state index in [0.717, 1.165) is 0 Å². The summed E-state index contributed by atoms with van der Waals surface area (Å²) in [5, 5.41) is 6.34. The van der Waals surface area contributed by atoms with Gasteiger partial charge in [-0.15, -0.1) is 0 Å². The van der Waals surface area contributed by atoms with E-state index in [2.05, 4.69) is 20.6 Å². The van der Waals surface area contributed by atoms with E-state index in [1.165, 1.54) is 12.4 Å². The number of nitrogens with two attached hydrogens (primary N) is 1. The van der Waals surface area contributed by atoms with Crippen molar-refractivity contribution in [2.45, 2.75) is 19.5 Å². The molecule has 0 fully saturated rings. The molecule has 1 atom stereocenters. The first-order valence-electron chi connectivity index (χ1n) is 9.54. The van der Waals surface area contributed by atoms with Gasteiger partial charge >= 0.3 is 0 Å². The molecule has 4 N–H and O–H groups in total. The average molecular weight is 448 g/mol. The number of methoxy groups -OCH3 is 1. The zero-order valence-corrected chi connectivity index (χ0v) is 17.9. The fourth-order valence-electron chi connectivity index (χ4n) is 2.81. The number of amides is 1. The quantitative estimate of drug-likeness (QED) is 0.432. The maximum Gasteiger partial charge on any atom is 0.236 e. The SMILES string of the molecule is COCCOc1cc2ncnc(Nc3cccc(Cl)c3F)c2cc1CNC(=O)[C@@H](C)N. The molecule has 2 aromatic carbocycles. The lowest BCUT2D eigenvalue weighted by Gasteiger charge is -2.16. The van der Waals surface area contributed by atoms with E-state index in [1.807, 2.05) is 0 Å². The summed E-state index contributed by atoms with van der Waals surface area (Å²) in [6.07, 6.45) is 1.36. The maximum atomic E-state index is 14.4. The number of aromatic nitrogens is 2. The van der Waals surface area contributed by atoms with Gasteiger partial charge in [0.25, 0.3) is 0 Å². The molecule has 0 aliphatic carbocycles. The highest BCUT2D eigenvalue weighted by Crippen LogP contribution is 2.31. The minimum absolute atomic E-state index is 0.00324. The summed E-state index contributed by atoms with van der Waals surface area (Å²) in [5.41, 5.74) is 7.07. The second-order valence-electron chi connectivity index (χ2n) is 6.77. The molecule has 0 aliphatic heterocycles. The Morgan fingerprint density at radius 3 is 2.84 bits per heavy atom. The summed E-state index contributed by atoms with van der Waals surface area (Å²) in [6, 6.07) is 7.52. The first kappa shape index (κ1) is 22.7. The molecule has 0 radical (unpaired) electrons. The molecule has 0 saturated heterocycles. The molecule has 3 rings (SSSR count). The zero-order valence-electron chi connectivity index (χ0n) is 17.1. The standard InChI is InChI=1S/C21H23ClFN5O3/c1-12(24)21(29)25-10-13-8-14-17(9-18(13)31-7-6-30-2)26-11-27-20(14)28-16-5-3-4-15(22)19(16)23/h3-5,8-9,11-12H,6-7,10,24H2,1-2H3,(H,25,29)(H,26,27,28)/t12-/m1/s1. The van der Waals surface area contributed by atoms with Crippen LogP contribution in [0, 0.1) is 5.82 Å². The van der Waals surface area contributed by atoms with E-state index >= 15 is 0 Å². The highest BCUT2D eigenvalue weighted by molar-refractivity contribution is 6.31. The van der Waals surface area contributed by atoms with Crippen molar-refractivity contribution in [1.29, 1.82) is 0 Å². The Labute approximate surface area is 183 Å². The van der Waals surface area contributed by atoms with Gasteiger partial charge in [0.2, 0.25) is 5.91 Å². The van der Waals surface area contributed by atoms with Gasteiger partial charge in [0.15, 0.2) is 5.82 Å². The van der Waals surface area contributed by atoms with Gasteiger partial charge in [-0.1, -0.05) is 17.7 Å². The molecule has 0 aliphatic rings. The van der Waals surface area contributed by atoms with Gasteiger partial charge in [0.1, 0.15) is 24.5 Å². The molecule has 1 aromatic heterocycles. The number of benzene rings is 2. The van der Waals surface area contributed by atoms with Crippen LogP contribution in [0.2, 0.25) is 5.02 Å². The van der Waals surface area contributed by atoms with Crippen LogP contribution in [0.4, 0.5) is 15.9 Å². The zero-order chi connectivity index (χ0) is 22.4. The number of anilines is 2. The number of hydrogen-bond donors (Lipinski definition) is 3. The van der Waals surface area contributed by atoms with Crippen LogP contribution in [0.5, 0.6) is 5.75 Å². The summed E-state index contributed by atoms with van der Waals surface area (Å²) < 4.78 is 25.2. The van der Waals surface area contributed by atoms with Gasteiger partial charge in [-0.3, -0.25) is 4.79 Å². The van der Waals surface area contributed by atoms with Crippen molar-refractivity contribution in [1.82, 2.24) is 15.3 Å². The molecule has 1 heterocycles. The highest BCUT2D eigenvalue weighted by atomic mass is 35.5. The second-order valence-corrected chi connectivity index (χ2v) is 7.18. The molecular formula is C21H23ClFN5O3. The van der Waals surface area contributed by atoms with Crippen molar-refractivity contribution in [2.75, 3.05) is 25.6 Å². The fourth-order valence-corrected chi connectivity index (χ4v) is 2.98. The number of nitrogens with zero attached hydrogens (tertiary/aromatic N) is 2. The lowest BCUT2D eigenvalue weighted by molar-refractivity contribution is -0.122. The summed E-state index contributed by atoms with van der Waals surface area (Å²) in [4.78, 5) is 20.5. The molecule has 31 heavy (non-hydrogen) atoms. The molecule has 8 nitrogen and oxygen atoms in total. The van der Waals surface area contributed by atoms with Gasteiger partial charge in [-0.2, -0.15) is 0 Å². The number of carbonyl (C=O) groups is 1. The third-order valence-corrected chi connectivity index (χ3v) is 4.73. The Hall–Kier alpha value is -3.01. The van der Waals surface area contributed by atoms with Gasteiger partial charge in [-0.05, 0) is 25.1 Å². The van der Waals surface area contributed by atoms with Crippen LogP contribution in [-0.2, 0) is 16.1 Å². The van der Waals surface area contributed by atoms with Crippen LogP contribution in [0.15, 0.2) is 36.7 Å². The Morgan fingerprint density at radius 1 is 1.29 bits per heavy atom. The number of halogens is 2. The number of carbonyl (C=O) groups excluding carboxylic acids is 1. The van der Waals surface area contributed by atoms with Gasteiger partial charge < -0.3 is 25.8 Å². The second kappa shape index (κ2) is 10.3. The van der Waals surface area contributed by atoms with Gasteiger partial charge in [-0.25, -0.2) is 14.4 Å². The van der Waals surface area contributed by atoms with Crippen LogP contribution >= 0.6 is 11.6 Å². The number of hydrogen-bond acceptors (Lipinski definition) is 7. The molecule has 0 saturated carbocycles. The van der Waals surface area contributed by atoms with Crippen LogP contribution in [-0.4, -0.2) is 42.2 Å². The first-order chi connectivity index (χ1) is 14.9. The highest BCUT2D eigenvalue weighted by Gasteiger charge is 2.15. The van der Waals surface area contributed by atoms with Crippen molar-refractivity contribution in [2.24, 2.45) is 5.73 Å². The molecule has 1 amide bonds. The Morgan fingerprint density at radius 2 is 2.10 bits per heavy atom. The summed E-state index contributed by atoms with van der Waals surface area (Å²) >= 11 is 5.88. The smallest absolute Gasteiger partial charge is 0.236 e. The largest absolute Gasteiger partial charge is 0.491 e. The third kappa shape index (κ3) is 5.57. The van der Waals surface area contributed by atoms with Crippen molar-refractivity contribution in [3.05, 3.63) is 53.1 Å². The topological polar surface area (TPSA) is 111 Å². The van der Waals surface area contributed by atoms with Crippen molar-refractivity contribution >= 4 is 39.9 Å². The Kier molecular flexibility index (Phi) is 7.56. The Balaban J connectivity index is 1.99. The maximum absolute atomic E-state index is 14.4. The lowest BCUT2D eigenvalue weighted by Crippen LogP contribution is -2.37. The molecule has 0 spiro atoms. The first-order valence-corrected chi connectivity index (χ1v) is 9.92. The predicted molar refractivity (Wildman–Crippen MR) is 117 cm³/mol. The van der Waals surface area contributed by atoms with Crippen molar-refractivity contribution in [3.63, 3.8) is 0 Å². The molecule has 3 aromatic rings. The molecule has 0 bridgehead atoms. The summed E-state index contributed by atoms with van der Waals surface area (Å²) in [6.45, 7) is 2.49. The fraction of sp³-hybridized carbons (Fsp3) is 0.286. The average Bonchev–Trinajstić information content (AvgIpc) is 2.75. The number of nitrogens with one attached hydrogen (secondary N) is 2. The monoisotopic (exact) mass is 447 g/mol. The number of ether oxygens (including phenoxy) is 2. The molecule has 0 unspecified atom stereocenters.